The van der Waals surface area contributed by atoms with E-state index in [1.807, 2.05) is 24.3 Å². The molecule has 0 spiro atoms. The second-order valence-electron chi connectivity index (χ2n) is 4.82. The number of carboxylic acid groups (broad SMARTS) is 1. The third kappa shape index (κ3) is 2.69. The number of carbonyl (C=O) groups is 1. The van der Waals surface area contributed by atoms with Crippen LogP contribution in [0.25, 0.3) is 10.9 Å². The van der Waals surface area contributed by atoms with Crippen LogP contribution >= 0.6 is 0 Å². The van der Waals surface area contributed by atoms with Crippen molar-refractivity contribution in [1.29, 1.82) is 0 Å². The van der Waals surface area contributed by atoms with Crippen molar-refractivity contribution in [2.45, 2.75) is 6.42 Å². The first-order chi connectivity index (χ1) is 10.1. The maximum atomic E-state index is 11.4. The van der Waals surface area contributed by atoms with Gasteiger partial charge in [0, 0.05) is 11.8 Å². The Morgan fingerprint density at radius 2 is 1.76 bits per heavy atom. The average Bonchev–Trinajstić information content (AvgIpc) is 2.48. The highest BCUT2D eigenvalue weighted by Gasteiger charge is 2.13. The van der Waals surface area contributed by atoms with E-state index in [9.17, 15) is 15.0 Å². The highest BCUT2D eigenvalue weighted by molar-refractivity contribution is 5.94. The molecule has 0 atom stereocenters. The lowest BCUT2D eigenvalue weighted by molar-refractivity contribution is 0.0695. The van der Waals surface area contributed by atoms with Gasteiger partial charge in [-0.3, -0.25) is 4.98 Å². The molecule has 21 heavy (non-hydrogen) atoms. The van der Waals surface area contributed by atoms with Gasteiger partial charge >= 0.3 is 5.97 Å². The van der Waals surface area contributed by atoms with Crippen molar-refractivity contribution in [2.24, 2.45) is 0 Å². The second-order valence-corrected chi connectivity index (χ2v) is 4.82. The standard InChI is InChI=1S/C17H13NO3/c19-13-7-5-11(6-8-13)9-16-14(17(20)21)10-12-3-1-2-4-15(12)18-16/h1-8,10,19H,9H2,(H,20,21). The van der Waals surface area contributed by atoms with Gasteiger partial charge in [0.1, 0.15) is 5.75 Å². The molecule has 2 N–H and O–H groups in total. The summed E-state index contributed by atoms with van der Waals surface area (Å²) in [6, 6.07) is 15.8. The molecule has 1 heterocycles. The van der Waals surface area contributed by atoms with Crippen LogP contribution in [0.1, 0.15) is 21.6 Å². The molecule has 0 amide bonds. The van der Waals surface area contributed by atoms with Gasteiger partial charge in [0.25, 0.3) is 0 Å². The van der Waals surface area contributed by atoms with Gasteiger partial charge in [-0.15, -0.1) is 0 Å². The molecular weight excluding hydrogens is 266 g/mol. The monoisotopic (exact) mass is 279 g/mol. The van der Waals surface area contributed by atoms with Gasteiger partial charge in [-0.25, -0.2) is 4.79 Å². The fourth-order valence-corrected chi connectivity index (χ4v) is 2.28. The molecular formula is C17H13NO3. The first-order valence-electron chi connectivity index (χ1n) is 6.53. The lowest BCUT2D eigenvalue weighted by atomic mass is 10.0. The average molecular weight is 279 g/mol. The van der Waals surface area contributed by atoms with Crippen LogP contribution in [0.2, 0.25) is 0 Å². The van der Waals surface area contributed by atoms with E-state index in [2.05, 4.69) is 4.98 Å². The number of nitrogens with zero attached hydrogens (tertiary/aromatic N) is 1. The topological polar surface area (TPSA) is 70.4 Å². The number of carboxylic acids is 1. The molecule has 0 bridgehead atoms. The summed E-state index contributed by atoms with van der Waals surface area (Å²) in [4.78, 5) is 15.9. The van der Waals surface area contributed by atoms with Crippen molar-refractivity contribution in [3.05, 3.63) is 71.4 Å². The predicted molar refractivity (Wildman–Crippen MR) is 79.6 cm³/mol. The predicted octanol–water partition coefficient (Wildman–Crippen LogP) is 3.23. The van der Waals surface area contributed by atoms with Crippen LogP contribution in [0.15, 0.2) is 54.6 Å². The van der Waals surface area contributed by atoms with Crippen LogP contribution in [-0.4, -0.2) is 21.2 Å². The lowest BCUT2D eigenvalue weighted by Gasteiger charge is -2.08. The molecule has 1 aromatic heterocycles. The summed E-state index contributed by atoms with van der Waals surface area (Å²) < 4.78 is 0. The zero-order chi connectivity index (χ0) is 14.8. The van der Waals surface area contributed by atoms with Crippen LogP contribution in [0.5, 0.6) is 5.75 Å². The van der Waals surface area contributed by atoms with Crippen LogP contribution in [0, 0.1) is 0 Å². The Morgan fingerprint density at radius 1 is 1.05 bits per heavy atom. The highest BCUT2D eigenvalue weighted by atomic mass is 16.4. The molecule has 0 aliphatic carbocycles. The molecule has 3 aromatic rings. The van der Waals surface area contributed by atoms with Gasteiger partial charge < -0.3 is 10.2 Å². The summed E-state index contributed by atoms with van der Waals surface area (Å²) in [6.45, 7) is 0. The summed E-state index contributed by atoms with van der Waals surface area (Å²) in [6.07, 6.45) is 0.409. The number of pyridine rings is 1. The zero-order valence-corrected chi connectivity index (χ0v) is 11.2. The molecule has 2 aromatic carbocycles. The minimum Gasteiger partial charge on any atom is -0.508 e. The smallest absolute Gasteiger partial charge is 0.337 e. The van der Waals surface area contributed by atoms with Crippen LogP contribution in [0.4, 0.5) is 0 Å². The van der Waals surface area contributed by atoms with E-state index < -0.39 is 5.97 Å². The molecule has 0 unspecified atom stereocenters. The van der Waals surface area contributed by atoms with Gasteiger partial charge in [-0.05, 0) is 29.8 Å². The number of aromatic carboxylic acids is 1. The van der Waals surface area contributed by atoms with Crippen LogP contribution in [-0.2, 0) is 6.42 Å². The van der Waals surface area contributed by atoms with Crippen molar-refractivity contribution >= 4 is 16.9 Å². The summed E-state index contributed by atoms with van der Waals surface area (Å²) in [5.41, 5.74) is 2.41. The van der Waals surface area contributed by atoms with E-state index in [0.29, 0.717) is 12.1 Å². The summed E-state index contributed by atoms with van der Waals surface area (Å²) in [7, 11) is 0. The van der Waals surface area contributed by atoms with Crippen molar-refractivity contribution in [3.8, 4) is 5.75 Å². The normalized spacial score (nSPS) is 10.7. The molecule has 0 radical (unpaired) electrons. The maximum absolute atomic E-state index is 11.4. The van der Waals surface area contributed by atoms with Gasteiger partial charge in [0.05, 0.1) is 16.8 Å². The molecule has 4 heteroatoms. The number of fused-ring (bicyclic) bond motifs is 1. The van der Waals surface area contributed by atoms with Crippen LogP contribution < -0.4 is 0 Å². The van der Waals surface area contributed by atoms with Gasteiger partial charge in [-0.1, -0.05) is 30.3 Å². The minimum atomic E-state index is -0.984. The quantitative estimate of drug-likeness (QED) is 0.772. The number of phenolic OH excluding ortho intramolecular Hbond substituents is 1. The Bertz CT molecular complexity index is 810. The third-order valence-corrected chi connectivity index (χ3v) is 3.34. The third-order valence-electron chi connectivity index (χ3n) is 3.34. The van der Waals surface area contributed by atoms with Crippen molar-refractivity contribution in [1.82, 2.24) is 4.98 Å². The molecule has 0 fully saturated rings. The van der Waals surface area contributed by atoms with E-state index in [0.717, 1.165) is 16.5 Å². The number of aromatic hydroxyl groups is 1. The zero-order valence-electron chi connectivity index (χ0n) is 11.2. The van der Waals surface area contributed by atoms with Gasteiger partial charge in [-0.2, -0.15) is 0 Å². The first kappa shape index (κ1) is 13.1. The molecule has 3 rings (SSSR count). The minimum absolute atomic E-state index is 0.184. The molecule has 0 saturated carbocycles. The van der Waals surface area contributed by atoms with E-state index in [1.54, 1.807) is 30.3 Å². The Hall–Kier alpha value is -2.88. The van der Waals surface area contributed by atoms with Gasteiger partial charge in [0.2, 0.25) is 0 Å². The van der Waals surface area contributed by atoms with Crippen molar-refractivity contribution < 1.29 is 15.0 Å². The highest BCUT2D eigenvalue weighted by Crippen LogP contribution is 2.20. The number of para-hydroxylation sites is 1. The number of hydrogen-bond donors (Lipinski definition) is 2. The van der Waals surface area contributed by atoms with Crippen molar-refractivity contribution in [2.75, 3.05) is 0 Å². The number of hydrogen-bond acceptors (Lipinski definition) is 3. The largest absolute Gasteiger partial charge is 0.508 e. The van der Waals surface area contributed by atoms with E-state index in [-0.39, 0.29) is 11.3 Å². The second kappa shape index (κ2) is 5.25. The Morgan fingerprint density at radius 3 is 2.48 bits per heavy atom. The number of phenols is 1. The van der Waals surface area contributed by atoms with E-state index in [4.69, 9.17) is 0 Å². The molecule has 0 aliphatic heterocycles. The number of aromatic nitrogens is 1. The van der Waals surface area contributed by atoms with Crippen LogP contribution in [0.3, 0.4) is 0 Å². The van der Waals surface area contributed by atoms with Gasteiger partial charge in [0.15, 0.2) is 0 Å². The summed E-state index contributed by atoms with van der Waals surface area (Å²) in [5, 5.41) is 19.5. The number of rotatable bonds is 3. The van der Waals surface area contributed by atoms with E-state index in [1.165, 1.54) is 0 Å². The summed E-state index contributed by atoms with van der Waals surface area (Å²) >= 11 is 0. The summed E-state index contributed by atoms with van der Waals surface area (Å²) in [5.74, 6) is -0.800. The SMILES string of the molecule is O=C(O)c1cc2ccccc2nc1Cc1ccc(O)cc1. The lowest BCUT2D eigenvalue weighted by Crippen LogP contribution is -2.06. The fraction of sp³-hybridized carbons (Fsp3) is 0.0588. The first-order valence-corrected chi connectivity index (χ1v) is 6.53. The van der Waals surface area contributed by atoms with Crippen molar-refractivity contribution in [3.63, 3.8) is 0 Å². The Labute approximate surface area is 121 Å². The molecule has 0 saturated heterocycles. The molecule has 104 valence electrons. The molecule has 4 nitrogen and oxygen atoms in total. The number of benzene rings is 2. The Kier molecular flexibility index (Phi) is 3.28. The molecule has 0 aliphatic rings. The van der Waals surface area contributed by atoms with E-state index >= 15 is 0 Å². The maximum Gasteiger partial charge on any atom is 0.337 e. The Balaban J connectivity index is 2.09. The fourth-order valence-electron chi connectivity index (χ4n) is 2.28.